The third-order valence-electron chi connectivity index (χ3n) is 4.21. The van der Waals surface area contributed by atoms with Crippen LogP contribution in [-0.2, 0) is 0 Å². The molecule has 0 radical (unpaired) electrons. The highest BCUT2D eigenvalue weighted by atomic mass is 32.2. The second-order valence-corrected chi connectivity index (χ2v) is 8.49. The first-order valence-corrected chi connectivity index (χ1v) is 10.8. The summed E-state index contributed by atoms with van der Waals surface area (Å²) >= 11 is 3.50. The number of carbonyl (C=O) groups excluding carboxylic acids is 1. The number of rotatable bonds is 5. The van der Waals surface area contributed by atoms with E-state index in [1.165, 1.54) is 0 Å². The van der Waals surface area contributed by atoms with Crippen LogP contribution in [-0.4, -0.2) is 33.5 Å². The van der Waals surface area contributed by atoms with E-state index in [0.717, 1.165) is 39.9 Å². The van der Waals surface area contributed by atoms with Gasteiger partial charge >= 0.3 is 0 Å². The van der Waals surface area contributed by atoms with Crippen LogP contribution in [0.25, 0.3) is 11.3 Å². The summed E-state index contributed by atoms with van der Waals surface area (Å²) in [6.07, 6.45) is 2.82. The number of nitrogens with zero attached hydrogens (tertiary/aromatic N) is 2. The minimum atomic E-state index is -0.197. The molecule has 2 aromatic heterocycles. The lowest BCUT2D eigenvalue weighted by molar-refractivity contribution is 0.102. The van der Waals surface area contributed by atoms with Gasteiger partial charge < -0.3 is 10.1 Å². The molecular weight excluding hydrogens is 378 g/mol. The predicted octanol–water partition coefficient (Wildman–Crippen LogP) is 4.65. The Labute approximate surface area is 166 Å². The number of anilines is 1. The van der Waals surface area contributed by atoms with Crippen molar-refractivity contribution in [3.63, 3.8) is 0 Å². The first-order valence-electron chi connectivity index (χ1n) is 8.72. The number of hydrogen-bond donors (Lipinski definition) is 1. The topological polar surface area (TPSA) is 64.1 Å². The second-order valence-electron chi connectivity index (χ2n) is 6.28. The monoisotopic (exact) mass is 397 g/mol. The van der Waals surface area contributed by atoms with Gasteiger partial charge in [0.2, 0.25) is 5.88 Å². The third-order valence-corrected chi connectivity index (χ3v) is 6.11. The van der Waals surface area contributed by atoms with Crippen LogP contribution in [0.3, 0.4) is 0 Å². The number of pyridine rings is 1. The number of nitrogens with one attached hydrogen (secondary N) is 1. The van der Waals surface area contributed by atoms with Crippen molar-refractivity contribution in [1.29, 1.82) is 0 Å². The van der Waals surface area contributed by atoms with Crippen LogP contribution >= 0.6 is 23.1 Å². The molecule has 0 spiro atoms. The van der Waals surface area contributed by atoms with Crippen LogP contribution in [0.1, 0.15) is 21.8 Å². The van der Waals surface area contributed by atoms with Gasteiger partial charge in [0, 0.05) is 34.6 Å². The van der Waals surface area contributed by atoms with E-state index in [1.54, 1.807) is 29.7 Å². The van der Waals surface area contributed by atoms with E-state index in [1.807, 2.05) is 48.3 Å². The average Bonchev–Trinajstić information content (AvgIpc) is 3.34. The molecule has 1 N–H and O–H groups in total. The van der Waals surface area contributed by atoms with Gasteiger partial charge in [0.05, 0.1) is 16.3 Å². The summed E-state index contributed by atoms with van der Waals surface area (Å²) in [5.41, 5.74) is 3.12. The minimum absolute atomic E-state index is 0.197. The van der Waals surface area contributed by atoms with Gasteiger partial charge in [0.15, 0.2) is 0 Å². The largest absolute Gasteiger partial charge is 0.473 e. The second kappa shape index (κ2) is 8.10. The zero-order valence-corrected chi connectivity index (χ0v) is 16.5. The number of benzene rings is 1. The lowest BCUT2D eigenvalue weighted by atomic mass is 10.1. The molecule has 4 rings (SSSR count). The van der Waals surface area contributed by atoms with Gasteiger partial charge in [-0.1, -0.05) is 12.1 Å². The van der Waals surface area contributed by atoms with Crippen molar-refractivity contribution in [2.24, 2.45) is 0 Å². The number of aryl methyl sites for hydroxylation is 1. The van der Waals surface area contributed by atoms with Crippen LogP contribution in [0.2, 0.25) is 0 Å². The number of hydrogen-bond acceptors (Lipinski definition) is 6. The molecule has 0 aliphatic carbocycles. The van der Waals surface area contributed by atoms with Crippen molar-refractivity contribution in [2.45, 2.75) is 19.4 Å². The standard InChI is InChI=1S/C20H19N3O2S2/c1-13-22-18(12-27-13)14-3-2-4-16(9-14)23-20(24)15-5-6-19(21-10-15)25-17-7-8-26-11-17/h2-6,9-10,12,17H,7-8,11H2,1H3,(H,23,24)/t17-/m1/s1. The Morgan fingerprint density at radius 3 is 2.93 bits per heavy atom. The van der Waals surface area contributed by atoms with Crippen LogP contribution in [0.5, 0.6) is 5.88 Å². The zero-order chi connectivity index (χ0) is 18.6. The average molecular weight is 398 g/mol. The summed E-state index contributed by atoms with van der Waals surface area (Å²) < 4.78 is 5.83. The summed E-state index contributed by atoms with van der Waals surface area (Å²) in [6.45, 7) is 1.98. The zero-order valence-electron chi connectivity index (χ0n) is 14.8. The first-order chi connectivity index (χ1) is 13.2. The number of aromatic nitrogens is 2. The van der Waals surface area contributed by atoms with E-state index in [-0.39, 0.29) is 12.0 Å². The maximum atomic E-state index is 12.5. The molecule has 3 heterocycles. The van der Waals surface area contributed by atoms with Gasteiger partial charge in [-0.15, -0.1) is 11.3 Å². The lowest BCUT2D eigenvalue weighted by Gasteiger charge is -2.11. The molecule has 0 saturated carbocycles. The number of thiazole rings is 1. The quantitative estimate of drug-likeness (QED) is 0.679. The van der Waals surface area contributed by atoms with Gasteiger partial charge in [-0.2, -0.15) is 11.8 Å². The van der Waals surface area contributed by atoms with E-state index in [0.29, 0.717) is 11.4 Å². The molecule has 0 unspecified atom stereocenters. The molecule has 3 aromatic rings. The molecule has 1 atom stereocenters. The molecule has 5 nitrogen and oxygen atoms in total. The summed E-state index contributed by atoms with van der Waals surface area (Å²) in [6, 6.07) is 11.2. The van der Waals surface area contributed by atoms with Crippen molar-refractivity contribution in [3.8, 4) is 17.1 Å². The molecule has 27 heavy (non-hydrogen) atoms. The SMILES string of the molecule is Cc1nc(-c2cccc(NC(=O)c3ccc(O[C@@H]4CCSC4)nc3)c2)cs1. The summed E-state index contributed by atoms with van der Waals surface area (Å²) in [7, 11) is 0. The Hall–Kier alpha value is -2.38. The Bertz CT molecular complexity index is 934. The van der Waals surface area contributed by atoms with Crippen molar-refractivity contribution in [3.05, 3.63) is 58.5 Å². The highest BCUT2D eigenvalue weighted by molar-refractivity contribution is 7.99. The fraction of sp³-hybridized carbons (Fsp3) is 0.250. The predicted molar refractivity (Wildman–Crippen MR) is 111 cm³/mol. The Balaban J connectivity index is 1.42. The number of amides is 1. The molecule has 0 bridgehead atoms. The molecule has 1 fully saturated rings. The van der Waals surface area contributed by atoms with Gasteiger partial charge in [-0.3, -0.25) is 4.79 Å². The molecular formula is C20H19N3O2S2. The molecule has 1 amide bonds. The Morgan fingerprint density at radius 2 is 2.22 bits per heavy atom. The molecule has 7 heteroatoms. The number of ether oxygens (including phenoxy) is 1. The number of carbonyl (C=O) groups is 1. The number of thioether (sulfide) groups is 1. The summed E-state index contributed by atoms with van der Waals surface area (Å²) in [5, 5.41) is 5.95. The fourth-order valence-electron chi connectivity index (χ4n) is 2.82. The molecule has 138 valence electrons. The van der Waals surface area contributed by atoms with Crippen molar-refractivity contribution >= 4 is 34.7 Å². The highest BCUT2D eigenvalue weighted by Gasteiger charge is 2.17. The van der Waals surface area contributed by atoms with Crippen LogP contribution in [0.15, 0.2) is 48.0 Å². The Kier molecular flexibility index (Phi) is 5.40. The van der Waals surface area contributed by atoms with Gasteiger partial charge in [-0.25, -0.2) is 9.97 Å². The molecule has 1 aliphatic heterocycles. The van der Waals surface area contributed by atoms with Crippen LogP contribution in [0, 0.1) is 6.92 Å². The third kappa shape index (κ3) is 4.48. The molecule has 1 aliphatic rings. The fourth-order valence-corrected chi connectivity index (χ4v) is 4.53. The van der Waals surface area contributed by atoms with E-state index < -0.39 is 0 Å². The van der Waals surface area contributed by atoms with Crippen molar-refractivity contribution < 1.29 is 9.53 Å². The van der Waals surface area contributed by atoms with E-state index >= 15 is 0 Å². The van der Waals surface area contributed by atoms with Crippen LogP contribution in [0.4, 0.5) is 5.69 Å². The first kappa shape index (κ1) is 18.0. The van der Waals surface area contributed by atoms with E-state index in [9.17, 15) is 4.79 Å². The lowest BCUT2D eigenvalue weighted by Crippen LogP contribution is -2.16. The molecule has 1 aromatic carbocycles. The normalized spacial score (nSPS) is 16.3. The van der Waals surface area contributed by atoms with Crippen molar-refractivity contribution in [2.75, 3.05) is 16.8 Å². The maximum absolute atomic E-state index is 12.5. The highest BCUT2D eigenvalue weighted by Crippen LogP contribution is 2.25. The van der Waals surface area contributed by atoms with Gasteiger partial charge in [0.1, 0.15) is 6.10 Å². The Morgan fingerprint density at radius 1 is 1.30 bits per heavy atom. The summed E-state index contributed by atoms with van der Waals surface area (Å²) in [5.74, 6) is 2.50. The van der Waals surface area contributed by atoms with E-state index in [4.69, 9.17) is 4.74 Å². The van der Waals surface area contributed by atoms with Gasteiger partial charge in [0.25, 0.3) is 5.91 Å². The minimum Gasteiger partial charge on any atom is -0.473 e. The summed E-state index contributed by atoms with van der Waals surface area (Å²) in [4.78, 5) is 21.3. The van der Waals surface area contributed by atoms with E-state index in [2.05, 4.69) is 15.3 Å². The maximum Gasteiger partial charge on any atom is 0.257 e. The van der Waals surface area contributed by atoms with Crippen molar-refractivity contribution in [1.82, 2.24) is 9.97 Å². The smallest absolute Gasteiger partial charge is 0.257 e. The van der Waals surface area contributed by atoms with Crippen LogP contribution < -0.4 is 10.1 Å². The van der Waals surface area contributed by atoms with Gasteiger partial charge in [-0.05, 0) is 37.3 Å². The molecule has 1 saturated heterocycles.